The van der Waals surface area contributed by atoms with Gasteiger partial charge < -0.3 is 24.4 Å². The van der Waals surface area contributed by atoms with Crippen LogP contribution in [0.2, 0.25) is 0 Å². The highest BCUT2D eigenvalue weighted by Gasteiger charge is 2.36. The Balaban J connectivity index is 0.000000954. The van der Waals surface area contributed by atoms with Gasteiger partial charge in [0.1, 0.15) is 5.60 Å². The van der Waals surface area contributed by atoms with Gasteiger partial charge >= 0.3 is 29.2 Å². The highest BCUT2D eigenvalue weighted by molar-refractivity contribution is 6.80. The molecule has 1 aliphatic carbocycles. The van der Waals surface area contributed by atoms with Crippen molar-refractivity contribution in [2.75, 3.05) is 19.8 Å². The quantitative estimate of drug-likeness (QED) is 0.262. The van der Waals surface area contributed by atoms with E-state index in [1.807, 2.05) is 0 Å². The molecule has 0 aliphatic heterocycles. The van der Waals surface area contributed by atoms with Crippen molar-refractivity contribution in [1.29, 1.82) is 0 Å². The van der Waals surface area contributed by atoms with E-state index in [2.05, 4.69) is 10.1 Å². The molecule has 11 heteroatoms. The zero-order valence-corrected chi connectivity index (χ0v) is 19.7. The fourth-order valence-electron chi connectivity index (χ4n) is 2.52. The number of alkyl carbamates (subject to hydrolysis) is 1. The van der Waals surface area contributed by atoms with Crippen LogP contribution in [0.25, 0.3) is 0 Å². The number of nitrogens with zero attached hydrogens (tertiary/aromatic N) is 1. The summed E-state index contributed by atoms with van der Waals surface area (Å²) < 4.78 is 14.2. The smallest absolute Gasteiger partial charge is 0.407 e. The Kier molecular flexibility index (Phi) is 12.8. The second-order valence-electron chi connectivity index (χ2n) is 7.74. The van der Waals surface area contributed by atoms with Crippen LogP contribution in [-0.2, 0) is 33.4 Å². The van der Waals surface area contributed by atoms with Gasteiger partial charge in [-0.15, -0.1) is 0 Å². The molecule has 0 heterocycles. The molecule has 0 spiro atoms. The summed E-state index contributed by atoms with van der Waals surface area (Å²) in [5.74, 6) is -2.48. The normalized spacial score (nSPS) is 14.0. The maximum absolute atomic E-state index is 12.3. The molecule has 1 saturated carbocycles. The Bertz CT molecular complexity index is 644. The average molecular weight is 465 g/mol. The number of halogens is 1. The molecule has 1 unspecified atom stereocenters. The number of nitrogens with one attached hydrogen (secondary N) is 1. The summed E-state index contributed by atoms with van der Waals surface area (Å²) in [6, 6.07) is -0.285. The van der Waals surface area contributed by atoms with Gasteiger partial charge in [-0.25, -0.2) is 14.4 Å². The average Bonchev–Trinajstić information content (AvgIpc) is 2.61. The first-order valence-electron chi connectivity index (χ1n) is 10.2. The van der Waals surface area contributed by atoms with Gasteiger partial charge in [-0.1, -0.05) is 0 Å². The van der Waals surface area contributed by atoms with Crippen LogP contribution < -0.4 is 5.32 Å². The molecule has 1 atom stereocenters. The zero-order chi connectivity index (χ0) is 24.2. The van der Waals surface area contributed by atoms with Gasteiger partial charge in [0, 0.05) is 18.6 Å². The molecule has 1 aliphatic rings. The lowest BCUT2D eigenvalue weighted by Gasteiger charge is -2.40. The van der Waals surface area contributed by atoms with Crippen LogP contribution in [-0.4, -0.2) is 71.5 Å². The third-order valence-electron chi connectivity index (χ3n) is 4.00. The third-order valence-corrected chi connectivity index (χ3v) is 4.16. The van der Waals surface area contributed by atoms with Crippen LogP contribution in [0.4, 0.5) is 4.79 Å². The van der Waals surface area contributed by atoms with Crippen molar-refractivity contribution in [2.45, 2.75) is 78.5 Å². The molecule has 10 nitrogen and oxygen atoms in total. The lowest BCUT2D eigenvalue weighted by molar-refractivity contribution is -0.163. The zero-order valence-electron chi connectivity index (χ0n) is 19.0. The molecule has 31 heavy (non-hydrogen) atoms. The van der Waals surface area contributed by atoms with E-state index < -0.39 is 34.8 Å². The lowest BCUT2D eigenvalue weighted by atomic mass is 9.90. The monoisotopic (exact) mass is 464 g/mol. The second kappa shape index (κ2) is 13.8. The van der Waals surface area contributed by atoms with Crippen molar-refractivity contribution in [1.82, 2.24) is 10.2 Å². The van der Waals surface area contributed by atoms with Crippen LogP contribution in [0, 0.1) is 0 Å². The van der Waals surface area contributed by atoms with Crippen molar-refractivity contribution in [3.63, 3.8) is 0 Å². The minimum atomic E-state index is -1.08. The Hall–Kier alpha value is -2.36. The Morgan fingerprint density at radius 1 is 1.03 bits per heavy atom. The summed E-state index contributed by atoms with van der Waals surface area (Å²) in [5, 5.41) is 1.56. The van der Waals surface area contributed by atoms with Gasteiger partial charge in [0.05, 0.1) is 13.2 Å². The van der Waals surface area contributed by atoms with Gasteiger partial charge in [-0.2, -0.15) is 0 Å². The molecule has 0 aromatic heterocycles. The minimum absolute atomic E-state index is 0.0299. The van der Waals surface area contributed by atoms with Crippen molar-refractivity contribution in [2.24, 2.45) is 0 Å². The Morgan fingerprint density at radius 2 is 1.55 bits per heavy atom. The summed E-state index contributed by atoms with van der Waals surface area (Å²) in [5.41, 5.74) is -0.582. The van der Waals surface area contributed by atoms with Gasteiger partial charge in [-0.3, -0.25) is 9.59 Å². The largest absolute Gasteiger partial charge is 0.459 e. The molecule has 2 amide bonds. The van der Waals surface area contributed by atoms with E-state index in [1.54, 1.807) is 41.5 Å². The number of ether oxygens (including phenoxy) is 3. The first-order valence-corrected chi connectivity index (χ1v) is 10.5. The molecule has 0 radical (unpaired) electrons. The standard InChI is InChI=1S/C16H28N2O5.C4H5ClO3/c1-6-22-14(20)13(19)18(12-8-7-9-12)11(2)10-17-15(21)23-16(3,4)5;1-2-8-4(7)3(5)6/h11-12H,6-10H2,1-5H3,(H,17,21);2H2,1H3. The Morgan fingerprint density at radius 3 is 1.90 bits per heavy atom. The van der Waals surface area contributed by atoms with E-state index in [-0.39, 0.29) is 31.8 Å². The van der Waals surface area contributed by atoms with Gasteiger partial charge in [0.25, 0.3) is 0 Å². The summed E-state index contributed by atoms with van der Waals surface area (Å²) >= 11 is 4.69. The maximum atomic E-state index is 12.3. The van der Waals surface area contributed by atoms with E-state index >= 15 is 0 Å². The molecule has 0 aromatic rings. The Labute approximate surface area is 187 Å². The minimum Gasteiger partial charge on any atom is -0.459 e. The highest BCUT2D eigenvalue weighted by atomic mass is 35.5. The number of hydrogen-bond acceptors (Lipinski definition) is 8. The predicted molar refractivity (Wildman–Crippen MR) is 112 cm³/mol. The molecule has 0 bridgehead atoms. The van der Waals surface area contributed by atoms with E-state index in [0.29, 0.717) is 0 Å². The number of hydrogen-bond donors (Lipinski definition) is 1. The summed E-state index contributed by atoms with van der Waals surface area (Å²) in [4.78, 5) is 57.1. The summed E-state index contributed by atoms with van der Waals surface area (Å²) in [6.07, 6.45) is 2.22. The van der Waals surface area contributed by atoms with Crippen molar-refractivity contribution < 1.29 is 38.2 Å². The number of rotatable bonds is 7. The second-order valence-corrected chi connectivity index (χ2v) is 8.09. The first-order chi connectivity index (χ1) is 14.3. The van der Waals surface area contributed by atoms with Crippen LogP contribution in [0.1, 0.15) is 60.8 Å². The van der Waals surface area contributed by atoms with Crippen LogP contribution >= 0.6 is 11.6 Å². The molecular formula is C20H33ClN2O8. The molecule has 178 valence electrons. The third kappa shape index (κ3) is 11.6. The molecule has 0 saturated heterocycles. The van der Waals surface area contributed by atoms with Gasteiger partial charge in [0.2, 0.25) is 0 Å². The predicted octanol–water partition coefficient (Wildman–Crippen LogP) is 2.16. The molecule has 1 rings (SSSR count). The molecular weight excluding hydrogens is 432 g/mol. The summed E-state index contributed by atoms with van der Waals surface area (Å²) in [7, 11) is 0. The number of amides is 2. The van der Waals surface area contributed by atoms with Crippen molar-refractivity contribution in [3.8, 4) is 0 Å². The highest BCUT2D eigenvalue weighted by Crippen LogP contribution is 2.26. The van der Waals surface area contributed by atoms with Crippen LogP contribution in [0.5, 0.6) is 0 Å². The van der Waals surface area contributed by atoms with E-state index in [1.165, 1.54) is 4.90 Å². The first kappa shape index (κ1) is 28.6. The number of carbonyl (C=O) groups excluding carboxylic acids is 5. The number of esters is 2. The van der Waals surface area contributed by atoms with Gasteiger partial charge in [0.15, 0.2) is 0 Å². The van der Waals surface area contributed by atoms with Crippen LogP contribution in [0.15, 0.2) is 0 Å². The van der Waals surface area contributed by atoms with Crippen molar-refractivity contribution in [3.05, 3.63) is 0 Å². The van der Waals surface area contributed by atoms with E-state index in [9.17, 15) is 24.0 Å². The fraction of sp³-hybridized carbons (Fsp3) is 0.750. The van der Waals surface area contributed by atoms with E-state index in [4.69, 9.17) is 21.1 Å². The summed E-state index contributed by atoms with van der Waals surface area (Å²) in [6.45, 7) is 10.9. The van der Waals surface area contributed by atoms with E-state index in [0.717, 1.165) is 19.3 Å². The lowest BCUT2D eigenvalue weighted by Crippen LogP contribution is -2.55. The molecule has 0 aromatic carbocycles. The fourth-order valence-corrected chi connectivity index (χ4v) is 2.57. The molecule has 1 fully saturated rings. The van der Waals surface area contributed by atoms with Crippen molar-refractivity contribution >= 4 is 40.8 Å². The van der Waals surface area contributed by atoms with Crippen LogP contribution in [0.3, 0.4) is 0 Å². The maximum Gasteiger partial charge on any atom is 0.407 e. The molecule has 1 N–H and O–H groups in total. The van der Waals surface area contributed by atoms with Gasteiger partial charge in [-0.05, 0) is 72.4 Å². The SMILES string of the molecule is CCOC(=O)C(=O)Cl.CCOC(=O)C(=O)N(C(C)CNC(=O)OC(C)(C)C)C1CCC1. The number of carbonyl (C=O) groups is 5. The topological polar surface area (TPSA) is 128 Å².